The first kappa shape index (κ1) is 43.4. The molecule has 0 spiro atoms. The first-order valence-corrected chi connectivity index (χ1v) is 24.1. The fraction of sp³-hybridized carbons (Fsp3) is 0.423. The number of carbonyl (C=O) groups excluding carboxylic acids is 1. The van der Waals surface area contributed by atoms with Crippen LogP contribution in [-0.2, 0) is 17.3 Å². The molecule has 2 unspecified atom stereocenters. The maximum absolute atomic E-state index is 16.3. The second-order valence-corrected chi connectivity index (χ2v) is 20.6. The summed E-state index contributed by atoms with van der Waals surface area (Å²) < 4.78 is 51.0. The van der Waals surface area contributed by atoms with Crippen LogP contribution in [0.3, 0.4) is 0 Å². The predicted octanol–water partition coefficient (Wildman–Crippen LogP) is 8.93. The molecule has 3 aromatic carbocycles. The minimum atomic E-state index is -0.865. The molecule has 5 aromatic heterocycles. The summed E-state index contributed by atoms with van der Waals surface area (Å²) in [6.45, 7) is 12.4. The van der Waals surface area contributed by atoms with Gasteiger partial charge in [-0.15, -0.1) is 0 Å². The van der Waals surface area contributed by atoms with E-state index in [0.29, 0.717) is 58.3 Å². The van der Waals surface area contributed by atoms with Gasteiger partial charge in [0.05, 0.1) is 45.8 Å². The lowest BCUT2D eigenvalue weighted by molar-refractivity contribution is -0.0592. The number of halogens is 2. The number of carbonyl (C=O) groups is 1. The summed E-state index contributed by atoms with van der Waals surface area (Å²) in [5.74, 6) is -0.998. The summed E-state index contributed by atoms with van der Waals surface area (Å²) >= 11 is 0. The van der Waals surface area contributed by atoms with Crippen LogP contribution in [-0.4, -0.2) is 72.5 Å². The van der Waals surface area contributed by atoms with Crippen LogP contribution >= 0.6 is 0 Å². The third kappa shape index (κ3) is 6.44. The highest BCUT2D eigenvalue weighted by Crippen LogP contribution is 2.57. The van der Waals surface area contributed by atoms with Gasteiger partial charge in [0.15, 0.2) is 11.6 Å². The fourth-order valence-corrected chi connectivity index (χ4v) is 12.5. The Labute approximate surface area is 395 Å². The molecule has 0 bridgehead atoms. The predicted molar refractivity (Wildman–Crippen MR) is 254 cm³/mol. The smallest absolute Gasteiger partial charge is 0.376 e. The van der Waals surface area contributed by atoms with Gasteiger partial charge < -0.3 is 14.2 Å². The molecule has 8 aromatic rings. The van der Waals surface area contributed by atoms with Crippen molar-refractivity contribution in [2.45, 2.75) is 122 Å². The van der Waals surface area contributed by atoms with Crippen molar-refractivity contribution >= 4 is 27.7 Å². The summed E-state index contributed by atoms with van der Waals surface area (Å²) in [5.41, 5.74) is 4.23. The van der Waals surface area contributed by atoms with Crippen molar-refractivity contribution in [3.63, 3.8) is 0 Å². The number of H-pyrrole nitrogens is 1. The van der Waals surface area contributed by atoms with Gasteiger partial charge in [-0.3, -0.25) is 28.1 Å². The van der Waals surface area contributed by atoms with Gasteiger partial charge in [0.2, 0.25) is 0 Å². The molecule has 6 atom stereocenters. The molecule has 1 amide bonds. The van der Waals surface area contributed by atoms with E-state index in [1.165, 1.54) is 27.1 Å². The third-order valence-electron chi connectivity index (χ3n) is 15.9. The van der Waals surface area contributed by atoms with Crippen molar-refractivity contribution < 1.29 is 22.8 Å². The Balaban J connectivity index is 1.05. The van der Waals surface area contributed by atoms with Gasteiger partial charge in [-0.2, -0.15) is 10.2 Å². The van der Waals surface area contributed by atoms with Gasteiger partial charge >= 0.3 is 11.4 Å². The van der Waals surface area contributed by atoms with Crippen molar-refractivity contribution in [2.75, 3.05) is 6.61 Å². The molecule has 7 heterocycles. The monoisotopic (exact) mass is 936 g/mol. The molecule has 1 N–H and O–H groups in total. The number of aromatic amines is 1. The van der Waals surface area contributed by atoms with Crippen LogP contribution < -0.4 is 11.4 Å². The summed E-state index contributed by atoms with van der Waals surface area (Å²) in [5, 5.41) is 15.0. The number of nitrogens with zero attached hydrogens (tertiary/aromatic N) is 9. The second kappa shape index (κ2) is 15.3. The molecule has 17 heteroatoms. The minimum absolute atomic E-state index is 0.00347. The first-order valence-electron chi connectivity index (χ1n) is 24.1. The van der Waals surface area contributed by atoms with Crippen LogP contribution in [0.1, 0.15) is 135 Å². The molecule has 15 nitrogen and oxygen atoms in total. The van der Waals surface area contributed by atoms with Gasteiger partial charge in [-0.1, -0.05) is 31.0 Å². The maximum atomic E-state index is 16.3. The molecule has 2 saturated carbocycles. The zero-order chi connectivity index (χ0) is 48.0. The van der Waals surface area contributed by atoms with Gasteiger partial charge in [0.25, 0.3) is 5.91 Å². The summed E-state index contributed by atoms with van der Waals surface area (Å²) in [6, 6.07) is 14.3. The van der Waals surface area contributed by atoms with Crippen LogP contribution in [0.2, 0.25) is 0 Å². The SMILES string of the molecule is Cc1cc(-n2nc3c(c2-n2ccn(-c4ccc5c(cnn5C)c4F)c2=O)[C@H](C)N(C(=O)c2cc4cc([C@H]5CCOC(C)(C)C5)ccc4n2[C@@]2(c4noc(=O)[nH]4)C[C@@H]2C)C2CCCCC32)cc(C)c1F. The van der Waals surface area contributed by atoms with E-state index in [1.807, 2.05) is 17.9 Å². The molecule has 2 aliphatic heterocycles. The van der Waals surface area contributed by atoms with Crippen LogP contribution in [0.25, 0.3) is 39.0 Å². The number of amides is 1. The third-order valence-corrected chi connectivity index (χ3v) is 15.9. The largest absolute Gasteiger partial charge is 0.438 e. The van der Waals surface area contributed by atoms with E-state index in [2.05, 4.69) is 58.8 Å². The van der Waals surface area contributed by atoms with E-state index in [9.17, 15) is 9.59 Å². The lowest BCUT2D eigenvalue weighted by Crippen LogP contribution is -2.50. The standard InChI is InChI=1S/C52H54F2N10O5/c1-27-20-34(21-28(2)43(27)53)64-46(61-18-17-60(50(61)67)40-15-14-38-36(44(40)54)26-55-59(38)7)42-30(4)62(39-11-9-8-10-35(39)45(42)57-64)47(65)41-23-33-22-31(32-16-19-68-51(5,6)25-32)12-13-37(33)63(41)52(24-29(52)3)48-56-49(66)69-58-48/h12-15,17-18,20-23,26,29-30,32,35,39H,8-11,16,19,24-25H2,1-7H3,(H,56,58,66)/t29-,30-,32-,35?,39?,52-/m0/s1. The molecular weight excluding hydrogens is 883 g/mol. The fourth-order valence-electron chi connectivity index (χ4n) is 12.5. The van der Waals surface area contributed by atoms with Crippen molar-refractivity contribution in [1.29, 1.82) is 0 Å². The Hall–Kier alpha value is -6.88. The normalized spacial score (nSPS) is 24.2. The highest BCUT2D eigenvalue weighted by Gasteiger charge is 2.59. The van der Waals surface area contributed by atoms with Crippen molar-refractivity contribution in [3.8, 4) is 17.2 Å². The first-order chi connectivity index (χ1) is 33.1. The quantitative estimate of drug-likeness (QED) is 0.166. The summed E-state index contributed by atoms with van der Waals surface area (Å²) in [7, 11) is 1.73. The molecule has 12 rings (SSSR count). The van der Waals surface area contributed by atoms with Crippen LogP contribution in [0.4, 0.5) is 8.78 Å². The van der Waals surface area contributed by atoms with Gasteiger partial charge in [-0.05, 0) is 138 Å². The van der Waals surface area contributed by atoms with Gasteiger partial charge in [-0.25, -0.2) is 23.1 Å². The van der Waals surface area contributed by atoms with Crippen LogP contribution in [0.15, 0.2) is 81.2 Å². The number of hydrogen-bond donors (Lipinski definition) is 1. The Bertz CT molecular complexity index is 3530. The lowest BCUT2D eigenvalue weighted by Gasteiger charge is -2.47. The average Bonchev–Trinajstić information content (AvgIpc) is 3.96. The van der Waals surface area contributed by atoms with E-state index >= 15 is 13.6 Å². The number of aromatic nitrogens is 9. The van der Waals surface area contributed by atoms with Crippen molar-refractivity contribution in [3.05, 3.63) is 139 Å². The second-order valence-electron chi connectivity index (χ2n) is 20.6. The summed E-state index contributed by atoms with van der Waals surface area (Å²) in [4.78, 5) is 48.6. The number of rotatable bonds is 7. The zero-order valence-electron chi connectivity index (χ0n) is 39.7. The molecule has 1 saturated heterocycles. The maximum Gasteiger partial charge on any atom is 0.438 e. The molecule has 0 radical (unpaired) electrons. The Morgan fingerprint density at radius 1 is 0.899 bits per heavy atom. The van der Waals surface area contributed by atoms with Crippen molar-refractivity contribution in [2.24, 2.45) is 13.0 Å². The number of benzene rings is 3. The molecule has 2 aliphatic carbocycles. The Morgan fingerprint density at radius 2 is 1.64 bits per heavy atom. The number of ether oxygens (including phenoxy) is 1. The van der Waals surface area contributed by atoms with Gasteiger partial charge in [0.1, 0.15) is 22.9 Å². The Kier molecular flexibility index (Phi) is 9.63. The number of hydrogen-bond acceptors (Lipinski definition) is 8. The van der Waals surface area contributed by atoms with E-state index < -0.39 is 28.8 Å². The lowest BCUT2D eigenvalue weighted by atomic mass is 9.75. The molecule has 356 valence electrons. The minimum Gasteiger partial charge on any atom is -0.376 e. The molecular formula is C52H54F2N10O5. The van der Waals surface area contributed by atoms with Crippen LogP contribution in [0, 0.1) is 31.4 Å². The number of aryl methyl sites for hydroxylation is 3. The van der Waals surface area contributed by atoms with Gasteiger partial charge in [0, 0.05) is 54.5 Å². The van der Waals surface area contributed by atoms with E-state index in [0.717, 1.165) is 55.1 Å². The van der Waals surface area contributed by atoms with Crippen LogP contribution in [0.5, 0.6) is 0 Å². The van der Waals surface area contributed by atoms with Crippen molar-refractivity contribution in [1.82, 2.24) is 48.3 Å². The highest BCUT2D eigenvalue weighted by atomic mass is 19.1. The van der Waals surface area contributed by atoms with E-state index in [4.69, 9.17) is 14.4 Å². The van der Waals surface area contributed by atoms with E-state index in [1.54, 1.807) is 60.7 Å². The zero-order valence-corrected chi connectivity index (χ0v) is 39.7. The summed E-state index contributed by atoms with van der Waals surface area (Å²) in [6.07, 6.45) is 10.2. The van der Waals surface area contributed by atoms with E-state index in [-0.39, 0.29) is 52.2 Å². The topological polar surface area (TPSA) is 156 Å². The Morgan fingerprint density at radius 3 is 2.36 bits per heavy atom. The average molecular weight is 937 g/mol. The number of nitrogens with one attached hydrogen (secondary N) is 1. The number of fused-ring (bicyclic) bond motifs is 5. The molecule has 4 aliphatic rings. The molecule has 69 heavy (non-hydrogen) atoms. The number of imidazole rings is 1. The molecule has 3 fully saturated rings. The highest BCUT2D eigenvalue weighted by molar-refractivity contribution is 6.00.